The van der Waals surface area contributed by atoms with Crippen LogP contribution >= 0.6 is 0 Å². The number of hydrogen-bond acceptors (Lipinski definition) is 5. The molecular formula is C14H18N6O3. The second kappa shape index (κ2) is 6.11. The van der Waals surface area contributed by atoms with E-state index in [4.69, 9.17) is 5.11 Å². The summed E-state index contributed by atoms with van der Waals surface area (Å²) in [7, 11) is 0. The Bertz CT molecular complexity index is 743. The van der Waals surface area contributed by atoms with Crippen molar-refractivity contribution in [3.05, 3.63) is 18.3 Å². The van der Waals surface area contributed by atoms with E-state index < -0.39 is 6.09 Å². The summed E-state index contributed by atoms with van der Waals surface area (Å²) in [5, 5.41) is 19.3. The smallest absolute Gasteiger partial charge is 0.407 e. The summed E-state index contributed by atoms with van der Waals surface area (Å²) in [6.07, 6.45) is 2.36. The lowest BCUT2D eigenvalue weighted by Gasteiger charge is -2.21. The van der Waals surface area contributed by atoms with Crippen molar-refractivity contribution in [3.63, 3.8) is 0 Å². The summed E-state index contributed by atoms with van der Waals surface area (Å²) in [4.78, 5) is 27.9. The zero-order valence-electron chi connectivity index (χ0n) is 12.7. The van der Waals surface area contributed by atoms with E-state index in [1.807, 2.05) is 0 Å². The standard InChI is InChI=1S/C14H18N6O3/c1-9(21)17-13-8-16-12-5-4-11(18-20(12)13)15-7-10-3-2-6-19(10)14(22)23/h4-5,8,10H,2-3,6-7H2,1H3,(H,15,18)(H,17,21)(H,22,23). The van der Waals surface area contributed by atoms with Crippen LogP contribution in [-0.4, -0.2) is 55.7 Å². The Kier molecular flexibility index (Phi) is 4.00. The van der Waals surface area contributed by atoms with Crippen molar-refractivity contribution in [1.82, 2.24) is 19.5 Å². The third-order valence-electron chi connectivity index (χ3n) is 3.81. The average molecular weight is 318 g/mol. The molecule has 122 valence electrons. The van der Waals surface area contributed by atoms with Crippen LogP contribution in [0.25, 0.3) is 5.65 Å². The Morgan fingerprint density at radius 3 is 3.00 bits per heavy atom. The van der Waals surface area contributed by atoms with Crippen molar-refractivity contribution in [2.24, 2.45) is 0 Å². The molecule has 3 rings (SSSR count). The molecular weight excluding hydrogens is 300 g/mol. The number of fused-ring (bicyclic) bond motifs is 1. The first-order valence-corrected chi connectivity index (χ1v) is 7.40. The predicted molar refractivity (Wildman–Crippen MR) is 83.5 cm³/mol. The molecule has 1 atom stereocenters. The molecule has 0 radical (unpaired) electrons. The topological polar surface area (TPSA) is 112 Å². The zero-order valence-corrected chi connectivity index (χ0v) is 12.7. The Morgan fingerprint density at radius 1 is 1.43 bits per heavy atom. The number of anilines is 2. The molecule has 3 N–H and O–H groups in total. The SMILES string of the molecule is CC(=O)Nc1cnc2ccc(NCC3CCCN3C(=O)O)nn12. The van der Waals surface area contributed by atoms with Crippen LogP contribution in [0.5, 0.6) is 0 Å². The van der Waals surface area contributed by atoms with Gasteiger partial charge in [-0.05, 0) is 25.0 Å². The van der Waals surface area contributed by atoms with E-state index in [1.54, 1.807) is 12.1 Å². The zero-order chi connectivity index (χ0) is 16.4. The Hall–Kier alpha value is -2.84. The van der Waals surface area contributed by atoms with Crippen LogP contribution in [0.15, 0.2) is 18.3 Å². The molecule has 2 aromatic heterocycles. The van der Waals surface area contributed by atoms with E-state index in [9.17, 15) is 9.59 Å². The van der Waals surface area contributed by atoms with E-state index >= 15 is 0 Å². The molecule has 0 saturated carbocycles. The van der Waals surface area contributed by atoms with Gasteiger partial charge in [0, 0.05) is 20.0 Å². The highest BCUT2D eigenvalue weighted by molar-refractivity contribution is 5.88. The van der Waals surface area contributed by atoms with Crippen molar-refractivity contribution in [1.29, 1.82) is 0 Å². The van der Waals surface area contributed by atoms with Crippen molar-refractivity contribution in [2.45, 2.75) is 25.8 Å². The van der Waals surface area contributed by atoms with Gasteiger partial charge in [-0.1, -0.05) is 0 Å². The van der Waals surface area contributed by atoms with Crippen LogP contribution in [0.2, 0.25) is 0 Å². The average Bonchev–Trinajstić information content (AvgIpc) is 3.12. The third-order valence-corrected chi connectivity index (χ3v) is 3.81. The minimum absolute atomic E-state index is 0.0531. The van der Waals surface area contributed by atoms with Gasteiger partial charge < -0.3 is 20.6 Å². The number of amides is 2. The number of rotatable bonds is 4. The molecule has 2 aromatic rings. The van der Waals surface area contributed by atoms with Crippen LogP contribution in [0.1, 0.15) is 19.8 Å². The number of likely N-dealkylation sites (tertiary alicyclic amines) is 1. The first-order valence-electron chi connectivity index (χ1n) is 7.40. The van der Waals surface area contributed by atoms with E-state index in [1.165, 1.54) is 22.5 Å². The van der Waals surface area contributed by atoms with Gasteiger partial charge in [-0.25, -0.2) is 9.78 Å². The number of nitrogens with zero attached hydrogens (tertiary/aromatic N) is 4. The first-order chi connectivity index (χ1) is 11.0. The van der Waals surface area contributed by atoms with Gasteiger partial charge in [0.05, 0.1) is 12.2 Å². The Morgan fingerprint density at radius 2 is 2.26 bits per heavy atom. The van der Waals surface area contributed by atoms with Crippen LogP contribution in [0.3, 0.4) is 0 Å². The summed E-state index contributed by atoms with van der Waals surface area (Å²) in [6, 6.07) is 3.51. The molecule has 0 spiro atoms. The van der Waals surface area contributed by atoms with E-state index in [2.05, 4.69) is 20.7 Å². The monoisotopic (exact) mass is 318 g/mol. The van der Waals surface area contributed by atoms with Crippen LogP contribution in [0, 0.1) is 0 Å². The van der Waals surface area contributed by atoms with Crippen LogP contribution < -0.4 is 10.6 Å². The first kappa shape index (κ1) is 15.1. The molecule has 0 aliphatic carbocycles. The molecule has 23 heavy (non-hydrogen) atoms. The molecule has 0 aromatic carbocycles. The molecule has 2 amide bonds. The van der Waals surface area contributed by atoms with Gasteiger partial charge in [0.2, 0.25) is 5.91 Å². The van der Waals surface area contributed by atoms with Crippen molar-refractivity contribution < 1.29 is 14.7 Å². The number of hydrogen-bond donors (Lipinski definition) is 3. The fourth-order valence-corrected chi connectivity index (χ4v) is 2.76. The van der Waals surface area contributed by atoms with Gasteiger partial charge in [-0.15, -0.1) is 5.10 Å². The van der Waals surface area contributed by atoms with Gasteiger partial charge >= 0.3 is 6.09 Å². The minimum atomic E-state index is -0.889. The van der Waals surface area contributed by atoms with Crippen molar-refractivity contribution in [2.75, 3.05) is 23.7 Å². The maximum Gasteiger partial charge on any atom is 0.407 e. The molecule has 9 heteroatoms. The van der Waals surface area contributed by atoms with Gasteiger partial charge in [0.25, 0.3) is 0 Å². The summed E-state index contributed by atoms with van der Waals surface area (Å²) in [5.74, 6) is 0.888. The largest absolute Gasteiger partial charge is 0.465 e. The number of carbonyl (C=O) groups excluding carboxylic acids is 1. The molecule has 1 aliphatic heterocycles. The number of nitrogens with one attached hydrogen (secondary N) is 2. The number of imidazole rings is 1. The lowest BCUT2D eigenvalue weighted by molar-refractivity contribution is -0.114. The highest BCUT2D eigenvalue weighted by Crippen LogP contribution is 2.18. The van der Waals surface area contributed by atoms with Gasteiger partial charge in [-0.2, -0.15) is 4.52 Å². The molecule has 1 unspecified atom stereocenters. The fraction of sp³-hybridized carbons (Fsp3) is 0.429. The fourth-order valence-electron chi connectivity index (χ4n) is 2.76. The van der Waals surface area contributed by atoms with Crippen LogP contribution in [-0.2, 0) is 4.79 Å². The lowest BCUT2D eigenvalue weighted by Crippen LogP contribution is -2.38. The van der Waals surface area contributed by atoms with E-state index in [-0.39, 0.29) is 11.9 Å². The maximum atomic E-state index is 11.2. The normalized spacial score (nSPS) is 17.4. The molecule has 0 bridgehead atoms. The highest BCUT2D eigenvalue weighted by Gasteiger charge is 2.28. The van der Waals surface area contributed by atoms with E-state index in [0.717, 1.165) is 12.8 Å². The highest BCUT2D eigenvalue weighted by atomic mass is 16.4. The molecule has 1 aliphatic rings. The summed E-state index contributed by atoms with van der Waals surface area (Å²) in [5.41, 5.74) is 0.618. The number of carboxylic acid groups (broad SMARTS) is 1. The Labute approximate surface area is 132 Å². The van der Waals surface area contributed by atoms with Gasteiger partial charge in [0.1, 0.15) is 5.82 Å². The minimum Gasteiger partial charge on any atom is -0.465 e. The van der Waals surface area contributed by atoms with Gasteiger partial charge in [-0.3, -0.25) is 4.79 Å². The number of aromatic nitrogens is 3. The van der Waals surface area contributed by atoms with E-state index in [0.29, 0.717) is 30.4 Å². The second-order valence-electron chi connectivity index (χ2n) is 5.47. The molecule has 1 fully saturated rings. The quantitative estimate of drug-likeness (QED) is 0.782. The molecule has 3 heterocycles. The predicted octanol–water partition coefficient (Wildman–Crippen LogP) is 1.24. The third kappa shape index (κ3) is 3.17. The summed E-state index contributed by atoms with van der Waals surface area (Å²) >= 11 is 0. The van der Waals surface area contributed by atoms with Gasteiger partial charge in [0.15, 0.2) is 11.5 Å². The summed E-state index contributed by atoms with van der Waals surface area (Å²) < 4.78 is 1.54. The maximum absolute atomic E-state index is 11.2. The van der Waals surface area contributed by atoms with Crippen LogP contribution in [0.4, 0.5) is 16.4 Å². The summed E-state index contributed by atoms with van der Waals surface area (Å²) in [6.45, 7) is 2.49. The van der Waals surface area contributed by atoms with Crippen molar-refractivity contribution in [3.8, 4) is 0 Å². The molecule has 1 saturated heterocycles. The lowest BCUT2D eigenvalue weighted by atomic mass is 10.2. The second-order valence-corrected chi connectivity index (χ2v) is 5.47. The number of carbonyl (C=O) groups is 2. The molecule has 9 nitrogen and oxygen atoms in total. The van der Waals surface area contributed by atoms with Crippen molar-refractivity contribution >= 4 is 29.3 Å². The Balaban J connectivity index is 1.73.